The van der Waals surface area contributed by atoms with Crippen molar-refractivity contribution >= 4 is 17.5 Å². The Labute approximate surface area is 147 Å². The zero-order chi connectivity index (χ0) is 17.6. The summed E-state index contributed by atoms with van der Waals surface area (Å²) in [6.07, 6.45) is 6.01. The first-order valence-corrected chi connectivity index (χ1v) is 9.80. The van der Waals surface area contributed by atoms with Crippen molar-refractivity contribution in [3.05, 3.63) is 0 Å². The monoisotopic (exact) mass is 346 g/mol. The van der Waals surface area contributed by atoms with Crippen LogP contribution in [0.5, 0.6) is 0 Å². The first kappa shape index (κ1) is 16.0. The largest absolute Gasteiger partial charge is 0.481 e. The van der Waals surface area contributed by atoms with Gasteiger partial charge in [0.05, 0.1) is 6.42 Å². The molecule has 5 heteroatoms. The molecule has 0 aromatic rings. The van der Waals surface area contributed by atoms with Gasteiger partial charge in [-0.15, -0.1) is 0 Å². The lowest BCUT2D eigenvalue weighted by Gasteiger charge is -2.59. The fourth-order valence-electron chi connectivity index (χ4n) is 7.67. The van der Waals surface area contributed by atoms with Gasteiger partial charge in [0, 0.05) is 23.7 Å². The van der Waals surface area contributed by atoms with Crippen LogP contribution >= 0.6 is 0 Å². The van der Waals surface area contributed by atoms with Gasteiger partial charge in [-0.1, -0.05) is 6.92 Å². The van der Waals surface area contributed by atoms with Crippen LogP contribution in [-0.4, -0.2) is 34.3 Å². The molecular weight excluding hydrogens is 320 g/mol. The Morgan fingerprint density at radius 3 is 2.68 bits per heavy atom. The zero-order valence-corrected chi connectivity index (χ0v) is 14.8. The Hall–Kier alpha value is -1.23. The summed E-state index contributed by atoms with van der Waals surface area (Å²) in [4.78, 5) is 36.5. The molecule has 0 aromatic heterocycles. The van der Waals surface area contributed by atoms with Crippen LogP contribution in [0.3, 0.4) is 0 Å². The molecular formula is C20H26O5. The molecule has 5 rings (SSSR count). The molecule has 5 aliphatic rings. The van der Waals surface area contributed by atoms with Crippen molar-refractivity contribution in [2.75, 3.05) is 0 Å². The van der Waals surface area contributed by atoms with Gasteiger partial charge >= 0.3 is 5.97 Å². The lowest BCUT2D eigenvalue weighted by molar-refractivity contribution is -0.159. The maximum atomic E-state index is 12.5. The van der Waals surface area contributed by atoms with Crippen LogP contribution in [-0.2, 0) is 19.1 Å². The summed E-state index contributed by atoms with van der Waals surface area (Å²) in [5.41, 5.74) is -1.13. The van der Waals surface area contributed by atoms with Crippen LogP contribution in [0.4, 0.5) is 0 Å². The fraction of sp³-hybridized carbons (Fsp3) is 0.850. The van der Waals surface area contributed by atoms with Gasteiger partial charge in [-0.05, 0) is 56.3 Å². The number of fused-ring (bicyclic) bond motifs is 4. The highest BCUT2D eigenvalue weighted by atomic mass is 16.6. The van der Waals surface area contributed by atoms with Crippen LogP contribution in [0.2, 0.25) is 0 Å². The number of carboxylic acid groups (broad SMARTS) is 1. The van der Waals surface area contributed by atoms with Gasteiger partial charge in [-0.2, -0.15) is 0 Å². The molecule has 1 heterocycles. The number of rotatable bonds is 2. The maximum absolute atomic E-state index is 12.5. The van der Waals surface area contributed by atoms with E-state index in [1.54, 1.807) is 0 Å². The molecule has 1 N–H and O–H groups in total. The number of hydrogen-bond acceptors (Lipinski definition) is 4. The molecule has 7 atom stereocenters. The summed E-state index contributed by atoms with van der Waals surface area (Å²) in [5, 5.41) is 9.67. The summed E-state index contributed by atoms with van der Waals surface area (Å²) in [6, 6.07) is 0. The Kier molecular flexibility index (Phi) is 3.02. The number of ketones is 2. The fourth-order valence-corrected chi connectivity index (χ4v) is 7.67. The summed E-state index contributed by atoms with van der Waals surface area (Å²) < 4.78 is 6.01. The molecule has 4 aliphatic carbocycles. The summed E-state index contributed by atoms with van der Waals surface area (Å²) in [5.74, 6) is 0.864. The van der Waals surface area contributed by atoms with E-state index in [-0.39, 0.29) is 29.6 Å². The number of hydrogen-bond donors (Lipinski definition) is 1. The van der Waals surface area contributed by atoms with Crippen molar-refractivity contribution in [3.63, 3.8) is 0 Å². The first-order chi connectivity index (χ1) is 11.8. The third kappa shape index (κ3) is 1.76. The number of carbonyl (C=O) groups excluding carboxylic acids is 2. The van der Waals surface area contributed by atoms with Gasteiger partial charge in [0.15, 0.2) is 5.78 Å². The number of Topliss-reactive ketones (excluding diaryl/α,β-unsaturated/α-hetero) is 2. The van der Waals surface area contributed by atoms with Crippen LogP contribution < -0.4 is 0 Å². The minimum absolute atomic E-state index is 0.106. The molecule has 5 nitrogen and oxygen atoms in total. The van der Waals surface area contributed by atoms with Crippen molar-refractivity contribution in [1.82, 2.24) is 0 Å². The van der Waals surface area contributed by atoms with Gasteiger partial charge in [0.1, 0.15) is 17.5 Å². The van der Waals surface area contributed by atoms with E-state index in [0.717, 1.165) is 32.1 Å². The van der Waals surface area contributed by atoms with Gasteiger partial charge in [0.25, 0.3) is 0 Å². The average Bonchev–Trinajstić information content (AvgIpc) is 3.23. The van der Waals surface area contributed by atoms with Crippen molar-refractivity contribution in [3.8, 4) is 0 Å². The van der Waals surface area contributed by atoms with E-state index in [2.05, 4.69) is 6.92 Å². The van der Waals surface area contributed by atoms with Crippen molar-refractivity contribution in [1.29, 1.82) is 0 Å². The van der Waals surface area contributed by atoms with E-state index in [4.69, 9.17) is 4.74 Å². The minimum atomic E-state index is -0.778. The van der Waals surface area contributed by atoms with Crippen molar-refractivity contribution in [2.24, 2.45) is 28.6 Å². The van der Waals surface area contributed by atoms with Crippen molar-refractivity contribution in [2.45, 2.75) is 76.4 Å². The number of ether oxygens (including phenoxy) is 1. The van der Waals surface area contributed by atoms with E-state index in [1.165, 1.54) is 0 Å². The molecule has 0 bridgehead atoms. The molecule has 5 fully saturated rings. The predicted octanol–water partition coefficient (Wildman–Crippen LogP) is 2.75. The zero-order valence-electron chi connectivity index (χ0n) is 14.8. The van der Waals surface area contributed by atoms with E-state index < -0.39 is 17.0 Å². The van der Waals surface area contributed by atoms with Crippen LogP contribution in [0.15, 0.2) is 0 Å². The van der Waals surface area contributed by atoms with Gasteiger partial charge in [0.2, 0.25) is 0 Å². The molecule has 25 heavy (non-hydrogen) atoms. The summed E-state index contributed by atoms with van der Waals surface area (Å²) in [7, 11) is 0. The SMILES string of the molecule is C[C@]12CC[C@H]3[C@@H](CCC45OC4C(=O)CC[C@]35CC(=O)O)[C@@H]1CCC2=O. The highest BCUT2D eigenvalue weighted by molar-refractivity contribution is 5.89. The second-order valence-corrected chi connectivity index (χ2v) is 9.41. The average molecular weight is 346 g/mol. The van der Waals surface area contributed by atoms with E-state index >= 15 is 0 Å². The van der Waals surface area contributed by atoms with E-state index in [1.807, 2.05) is 0 Å². The van der Waals surface area contributed by atoms with Gasteiger partial charge in [-0.25, -0.2) is 0 Å². The van der Waals surface area contributed by atoms with Crippen LogP contribution in [0, 0.1) is 28.6 Å². The molecule has 0 aromatic carbocycles. The lowest BCUT2D eigenvalue weighted by atomic mass is 9.43. The highest BCUT2D eigenvalue weighted by Gasteiger charge is 2.78. The summed E-state index contributed by atoms with van der Waals surface area (Å²) in [6.45, 7) is 2.14. The van der Waals surface area contributed by atoms with E-state index in [0.29, 0.717) is 36.9 Å². The third-order valence-corrected chi connectivity index (χ3v) is 8.82. The summed E-state index contributed by atoms with van der Waals surface area (Å²) >= 11 is 0. The number of carboxylic acids is 1. The normalized spacial score (nSPS) is 53.5. The molecule has 1 saturated heterocycles. The smallest absolute Gasteiger partial charge is 0.304 e. The lowest BCUT2D eigenvalue weighted by Crippen LogP contribution is -2.60. The van der Waals surface area contributed by atoms with Crippen LogP contribution in [0.1, 0.15) is 64.7 Å². The molecule has 4 saturated carbocycles. The molecule has 0 amide bonds. The Balaban J connectivity index is 1.56. The number of epoxide rings is 1. The number of carbonyl (C=O) groups is 3. The standard InChI is InChI=1S/C20H26O5/c1-18-7-5-13-11(12(18)2-3-15(18)22)4-9-20-17(25-20)14(21)6-8-19(13,20)10-16(23)24/h11-13,17H,2-10H2,1H3,(H,23,24)/t11-,12-,13-,17?,18-,19-,20?/m0/s1. The second-order valence-electron chi connectivity index (χ2n) is 9.41. The second kappa shape index (κ2) is 4.73. The molecule has 1 aliphatic heterocycles. The van der Waals surface area contributed by atoms with Gasteiger partial charge < -0.3 is 9.84 Å². The highest BCUT2D eigenvalue weighted by Crippen LogP contribution is 2.72. The maximum Gasteiger partial charge on any atom is 0.304 e. The molecule has 1 spiro atoms. The number of aliphatic carboxylic acids is 1. The Morgan fingerprint density at radius 2 is 1.92 bits per heavy atom. The first-order valence-electron chi connectivity index (χ1n) is 9.80. The molecule has 136 valence electrons. The topological polar surface area (TPSA) is 84.0 Å². The Morgan fingerprint density at radius 1 is 1.12 bits per heavy atom. The van der Waals surface area contributed by atoms with Crippen LogP contribution in [0.25, 0.3) is 0 Å². The van der Waals surface area contributed by atoms with Gasteiger partial charge in [-0.3, -0.25) is 14.4 Å². The Bertz CT molecular complexity index is 686. The third-order valence-electron chi connectivity index (χ3n) is 8.82. The minimum Gasteiger partial charge on any atom is -0.481 e. The van der Waals surface area contributed by atoms with Crippen molar-refractivity contribution < 1.29 is 24.2 Å². The molecule has 0 radical (unpaired) electrons. The van der Waals surface area contributed by atoms with E-state index in [9.17, 15) is 19.5 Å². The predicted molar refractivity (Wildman–Crippen MR) is 87.8 cm³/mol. The quantitative estimate of drug-likeness (QED) is 0.777. The molecule has 2 unspecified atom stereocenters.